The van der Waals surface area contributed by atoms with Gasteiger partial charge in [0.05, 0.1) is 25.1 Å². The topological polar surface area (TPSA) is 614 Å². The fourth-order valence-electron chi connectivity index (χ4n) is 7.50. The molecule has 0 aliphatic heterocycles. The van der Waals surface area contributed by atoms with Gasteiger partial charge in [0.2, 0.25) is 59.1 Å². The van der Waals surface area contributed by atoms with Gasteiger partial charge in [-0.05, 0) is 91.0 Å². The Morgan fingerprint density at radius 3 is 1.28 bits per heavy atom. The predicted molar refractivity (Wildman–Crippen MR) is 294 cm³/mol. The quantitative estimate of drug-likeness (QED) is 0.0153. The average Bonchev–Trinajstić information content (AvgIpc) is 3.62. The molecule has 36 heteroatoms. The monoisotopic (exact) mass is 1220 g/mol. The highest BCUT2D eigenvalue weighted by Crippen LogP contribution is 2.10. The fourth-order valence-corrected chi connectivity index (χ4v) is 7.50. The van der Waals surface area contributed by atoms with Crippen LogP contribution in [0, 0.1) is 5.92 Å². The molecule has 0 radical (unpaired) electrons. The lowest BCUT2D eigenvalue weighted by atomic mass is 10.0. The van der Waals surface area contributed by atoms with Crippen molar-refractivity contribution in [2.24, 2.45) is 33.8 Å². The molecule has 0 aliphatic rings. The van der Waals surface area contributed by atoms with Crippen molar-refractivity contribution in [1.29, 1.82) is 0 Å². The van der Waals surface area contributed by atoms with Crippen LogP contribution in [0.5, 0.6) is 0 Å². The molecule has 0 fully saturated rings. The van der Waals surface area contributed by atoms with Crippen LogP contribution >= 0.6 is 0 Å². The number of carboxylic acids is 5. The van der Waals surface area contributed by atoms with Gasteiger partial charge >= 0.3 is 29.8 Å². The van der Waals surface area contributed by atoms with E-state index < -0.39 is 207 Å². The third kappa shape index (κ3) is 32.6. The number of hydrogen-bond acceptors (Lipinski definition) is 19. The number of amides is 10. The van der Waals surface area contributed by atoms with Gasteiger partial charge in [-0.25, -0.2) is 4.79 Å². The van der Waals surface area contributed by atoms with Gasteiger partial charge in [0, 0.05) is 25.8 Å². The summed E-state index contributed by atoms with van der Waals surface area (Å²) in [6.45, 7) is 6.19. The predicted octanol–water partition coefficient (Wildman–Crippen LogP) is -7.40. The third-order valence-corrected chi connectivity index (χ3v) is 12.1. The second kappa shape index (κ2) is 39.6. The van der Waals surface area contributed by atoms with Gasteiger partial charge in [-0.3, -0.25) is 72.1 Å². The van der Waals surface area contributed by atoms with Crippen LogP contribution in [-0.4, -0.2) is 212 Å². The Hall–Kier alpha value is -8.80. The summed E-state index contributed by atoms with van der Waals surface area (Å²) in [6.07, 6.45) is -6.11. The normalized spacial score (nSPS) is 14.8. The maximum absolute atomic E-state index is 13.8. The summed E-state index contributed by atoms with van der Waals surface area (Å²) in [5, 5.41) is 79.4. The van der Waals surface area contributed by atoms with Crippen LogP contribution < -0.4 is 76.1 Å². The zero-order valence-electron chi connectivity index (χ0n) is 47.8. The molecule has 0 unspecified atom stereocenters. The van der Waals surface area contributed by atoms with Crippen molar-refractivity contribution in [3.05, 3.63) is 0 Å². The SMILES string of the molecule is CC(C)C[C@H](N)C(=O)N[C@@H](CCCN=C(N)N)C(=O)N[C@@H](CCC(=O)O)C(=O)N[C@H](C(=O)N[C@@H](C)C(=O)N[C@@H](CCC(=O)O)C(=O)N[C@@H](CCCCN)C(=O)N[C@@H](C)C(=O)NCC(=O)N[C@@H](CCC(=O)O)C(=O)N[C@@H](CC(=O)O)C(=O)O)[C@@H](C)O. The lowest BCUT2D eigenvalue weighted by Gasteiger charge is -2.28. The molecular formula is C49H83N15O21. The molecular weight excluding hydrogens is 1130 g/mol. The number of nitrogens with two attached hydrogens (primary N) is 4. The lowest BCUT2D eigenvalue weighted by Crippen LogP contribution is -2.61. The highest BCUT2D eigenvalue weighted by atomic mass is 16.4. The molecule has 10 amide bonds. The molecule has 0 rings (SSSR count). The summed E-state index contributed by atoms with van der Waals surface area (Å²) in [4.78, 5) is 195. The molecule has 0 bridgehead atoms. The second-order valence-corrected chi connectivity index (χ2v) is 20.0. The third-order valence-electron chi connectivity index (χ3n) is 12.1. The minimum absolute atomic E-state index is 0.0125. The molecule has 480 valence electrons. The summed E-state index contributed by atoms with van der Waals surface area (Å²) in [5.41, 5.74) is 22.4. The lowest BCUT2D eigenvalue weighted by molar-refractivity contribution is -0.147. The number of carbonyl (C=O) groups is 15. The maximum Gasteiger partial charge on any atom is 0.326 e. The van der Waals surface area contributed by atoms with Gasteiger partial charge in [-0.15, -0.1) is 0 Å². The Labute approximate surface area is 487 Å². The van der Waals surface area contributed by atoms with E-state index in [1.807, 2.05) is 19.2 Å². The Bertz CT molecular complexity index is 2390. The van der Waals surface area contributed by atoms with Crippen molar-refractivity contribution in [3.63, 3.8) is 0 Å². The van der Waals surface area contributed by atoms with Crippen LogP contribution in [-0.2, 0) is 71.9 Å². The molecule has 0 saturated carbocycles. The number of carbonyl (C=O) groups excluding carboxylic acids is 10. The molecule has 0 aromatic rings. The van der Waals surface area contributed by atoms with Gasteiger partial charge < -0.3 is 107 Å². The van der Waals surface area contributed by atoms with Crippen LogP contribution in [0.15, 0.2) is 4.99 Å². The van der Waals surface area contributed by atoms with E-state index in [2.05, 4.69) is 52.8 Å². The van der Waals surface area contributed by atoms with Gasteiger partial charge in [0.15, 0.2) is 5.96 Å². The summed E-state index contributed by atoms with van der Waals surface area (Å²) >= 11 is 0. The number of carboxylic acid groups (broad SMARTS) is 5. The molecule has 0 aromatic heterocycles. The zero-order valence-corrected chi connectivity index (χ0v) is 47.8. The first kappa shape index (κ1) is 76.2. The number of unbranched alkanes of at least 4 members (excludes halogenated alkanes) is 1. The van der Waals surface area contributed by atoms with E-state index in [4.69, 9.17) is 33.1 Å². The number of aliphatic imine (C=N–C) groups is 1. The number of nitrogens with zero attached hydrogens (tertiary/aromatic N) is 1. The van der Waals surface area contributed by atoms with Gasteiger partial charge in [-0.1, -0.05) is 13.8 Å². The fraction of sp³-hybridized carbons (Fsp3) is 0.673. The average molecular weight is 1220 g/mol. The van der Waals surface area contributed by atoms with E-state index in [0.29, 0.717) is 6.42 Å². The van der Waals surface area contributed by atoms with Gasteiger partial charge in [0.1, 0.15) is 54.4 Å². The molecule has 0 heterocycles. The number of hydrogen-bond donors (Lipinski definition) is 20. The number of aliphatic hydroxyl groups is 1. The van der Waals surface area contributed by atoms with E-state index >= 15 is 0 Å². The molecule has 0 aromatic carbocycles. The van der Waals surface area contributed by atoms with Crippen LogP contribution in [0.4, 0.5) is 0 Å². The molecule has 36 nitrogen and oxygen atoms in total. The smallest absolute Gasteiger partial charge is 0.326 e. The number of aliphatic hydroxyl groups excluding tert-OH is 1. The summed E-state index contributed by atoms with van der Waals surface area (Å²) in [7, 11) is 0. The van der Waals surface area contributed by atoms with Crippen molar-refractivity contribution in [1.82, 2.24) is 53.2 Å². The number of aliphatic carboxylic acids is 5. The first-order valence-electron chi connectivity index (χ1n) is 26.9. The highest BCUT2D eigenvalue weighted by Gasteiger charge is 2.36. The molecule has 0 spiro atoms. The highest BCUT2D eigenvalue weighted by molar-refractivity contribution is 5.99. The van der Waals surface area contributed by atoms with Crippen molar-refractivity contribution >= 4 is 94.9 Å². The van der Waals surface area contributed by atoms with Crippen LogP contribution in [0.3, 0.4) is 0 Å². The summed E-state index contributed by atoms with van der Waals surface area (Å²) < 4.78 is 0. The minimum Gasteiger partial charge on any atom is -0.481 e. The van der Waals surface area contributed by atoms with Gasteiger partial charge in [-0.2, -0.15) is 0 Å². The number of rotatable bonds is 43. The largest absolute Gasteiger partial charge is 0.481 e. The molecule has 85 heavy (non-hydrogen) atoms. The maximum atomic E-state index is 13.8. The van der Waals surface area contributed by atoms with E-state index in [1.165, 1.54) is 0 Å². The molecule has 0 aliphatic carbocycles. The molecule has 0 saturated heterocycles. The van der Waals surface area contributed by atoms with Crippen LogP contribution in [0.1, 0.15) is 118 Å². The summed E-state index contributed by atoms with van der Waals surface area (Å²) in [6, 6.07) is -16.1. The van der Waals surface area contributed by atoms with Crippen molar-refractivity contribution in [2.45, 2.75) is 185 Å². The molecule has 24 N–H and O–H groups in total. The van der Waals surface area contributed by atoms with Crippen molar-refractivity contribution in [3.8, 4) is 0 Å². The van der Waals surface area contributed by atoms with E-state index in [1.54, 1.807) is 0 Å². The minimum atomic E-state index is -1.96. The molecule has 11 atom stereocenters. The van der Waals surface area contributed by atoms with Crippen LogP contribution in [0.25, 0.3) is 0 Å². The Morgan fingerprint density at radius 1 is 0.447 bits per heavy atom. The standard InChI is InChI=1S/C49H83N15O21/c1-22(2)19-26(51)41(77)60-28(10-8-18-54-49(52)53)43(79)62-31(13-16-36(71)72)46(82)64-38(25(5)65)47(83)57-24(4)40(76)59-30(12-15-35(69)70)45(81)61-27(9-6-7-17-50)42(78)56-23(3)39(75)55-21-33(66)58-29(11-14-34(67)68)44(80)63-32(48(84)85)20-37(73)74/h22-32,38,65H,6-21,50-51H2,1-5H3,(H,55,75)(H,56,78)(H,57,83)(H,58,66)(H,59,76)(H,60,77)(H,61,81)(H,62,79)(H,63,80)(H,64,82)(H,67,68)(H,69,70)(H,71,72)(H,73,74)(H,84,85)(H4,52,53,54)/t23-,24-,25+,26-,27-,28-,29-,30-,31-,32-,38-/m0/s1. The van der Waals surface area contributed by atoms with E-state index in [9.17, 15) is 92.3 Å². The Balaban J connectivity index is 6.33. The second-order valence-electron chi connectivity index (χ2n) is 20.0. The number of nitrogens with one attached hydrogen (secondary N) is 10. The zero-order chi connectivity index (χ0) is 65.3. The first-order valence-corrected chi connectivity index (χ1v) is 26.9. The van der Waals surface area contributed by atoms with E-state index in [-0.39, 0.29) is 57.1 Å². The first-order chi connectivity index (χ1) is 39.6. The summed E-state index contributed by atoms with van der Waals surface area (Å²) in [5.74, 6) is -18.6. The number of guanidine groups is 1. The van der Waals surface area contributed by atoms with E-state index in [0.717, 1.165) is 20.8 Å². The Kier molecular flexibility index (Phi) is 35.5. The Morgan fingerprint density at radius 2 is 0.847 bits per heavy atom. The van der Waals surface area contributed by atoms with Gasteiger partial charge in [0.25, 0.3) is 0 Å². The van der Waals surface area contributed by atoms with Crippen LogP contribution in [0.2, 0.25) is 0 Å². The van der Waals surface area contributed by atoms with Crippen molar-refractivity contribution in [2.75, 3.05) is 19.6 Å². The van der Waals surface area contributed by atoms with Crippen molar-refractivity contribution < 1.29 is 103 Å².